The Morgan fingerprint density at radius 1 is 1.14 bits per heavy atom. The lowest BCUT2D eigenvalue weighted by Crippen LogP contribution is -2.41. The average molecular weight is 531 g/mol. The van der Waals surface area contributed by atoms with Crippen molar-refractivity contribution in [1.82, 2.24) is 34.8 Å². The number of carbonyl (C=O) groups is 1. The molecule has 0 bridgehead atoms. The Morgan fingerprint density at radius 2 is 1.97 bits per heavy atom. The van der Waals surface area contributed by atoms with E-state index in [1.807, 2.05) is 0 Å². The summed E-state index contributed by atoms with van der Waals surface area (Å²) in [7, 11) is 1.41. The monoisotopic (exact) mass is 530 g/mol. The highest BCUT2D eigenvalue weighted by molar-refractivity contribution is 6.30. The zero-order chi connectivity index (χ0) is 25.4. The van der Waals surface area contributed by atoms with Crippen LogP contribution in [0.15, 0.2) is 43.1 Å². The van der Waals surface area contributed by atoms with Crippen LogP contribution >= 0.6 is 23.2 Å². The number of anilines is 1. The normalized spacial score (nSPS) is 21.6. The molecule has 4 aromatic rings. The Kier molecular flexibility index (Phi) is 6.69. The number of amides is 1. The van der Waals surface area contributed by atoms with E-state index in [-0.39, 0.29) is 18.0 Å². The molecule has 5 heterocycles. The molecule has 186 valence electrons. The summed E-state index contributed by atoms with van der Waals surface area (Å²) < 4.78 is 7.15. The molecular weight excluding hydrogens is 511 g/mol. The second kappa shape index (κ2) is 9.91. The van der Waals surface area contributed by atoms with Crippen molar-refractivity contribution in [1.29, 1.82) is 0 Å². The van der Waals surface area contributed by atoms with Crippen molar-refractivity contribution in [3.05, 3.63) is 58.9 Å². The molecule has 4 N–H and O–H groups in total. The molecule has 1 fully saturated rings. The third kappa shape index (κ3) is 4.56. The number of aliphatic hydroxyl groups excluding tert-OH is 2. The van der Waals surface area contributed by atoms with Gasteiger partial charge in [0.25, 0.3) is 5.91 Å². The standard InChI is InChI=1S/C22H20Cl2N8O4/c1-25-21(35)17-15(33)16(34)22(36-17)32-9-29-14-19(28-8-13-5-11(23)2-3-27-13)30-18(31-20(14)32)10-4-12(24)7-26-6-10/h2-7,9,15-17,22,33-34H,8H2,1H3,(H,25,35)(H,28,30,31). The molecule has 0 aliphatic carbocycles. The van der Waals surface area contributed by atoms with Crippen LogP contribution in [0, 0.1) is 0 Å². The first-order valence-electron chi connectivity index (χ1n) is 10.8. The topological polar surface area (TPSA) is 160 Å². The number of nitrogens with zero attached hydrogens (tertiary/aromatic N) is 6. The molecule has 1 aliphatic rings. The number of halogens is 2. The van der Waals surface area contributed by atoms with Crippen molar-refractivity contribution in [2.45, 2.75) is 31.1 Å². The summed E-state index contributed by atoms with van der Waals surface area (Å²) in [4.78, 5) is 34.1. The number of carbonyl (C=O) groups excluding carboxylic acids is 1. The second-order valence-electron chi connectivity index (χ2n) is 7.97. The van der Waals surface area contributed by atoms with Gasteiger partial charge < -0.3 is 25.6 Å². The number of imidazole rings is 1. The van der Waals surface area contributed by atoms with Gasteiger partial charge in [0.05, 0.1) is 23.6 Å². The lowest BCUT2D eigenvalue weighted by Gasteiger charge is -2.17. The molecule has 4 unspecified atom stereocenters. The molecule has 1 aliphatic heterocycles. The second-order valence-corrected chi connectivity index (χ2v) is 8.85. The van der Waals surface area contributed by atoms with E-state index in [1.54, 1.807) is 30.6 Å². The first-order valence-corrected chi connectivity index (χ1v) is 11.5. The van der Waals surface area contributed by atoms with Crippen LogP contribution in [-0.2, 0) is 16.1 Å². The Bertz CT molecular complexity index is 1430. The van der Waals surface area contributed by atoms with Crippen LogP contribution in [0.1, 0.15) is 11.9 Å². The van der Waals surface area contributed by atoms with E-state index >= 15 is 0 Å². The van der Waals surface area contributed by atoms with E-state index in [2.05, 4.69) is 35.6 Å². The van der Waals surface area contributed by atoms with Crippen molar-refractivity contribution in [2.24, 2.45) is 0 Å². The van der Waals surface area contributed by atoms with Crippen LogP contribution in [0.25, 0.3) is 22.6 Å². The van der Waals surface area contributed by atoms with E-state index in [4.69, 9.17) is 27.9 Å². The van der Waals surface area contributed by atoms with Gasteiger partial charge >= 0.3 is 0 Å². The van der Waals surface area contributed by atoms with E-state index < -0.39 is 30.4 Å². The Morgan fingerprint density at radius 3 is 2.72 bits per heavy atom. The lowest BCUT2D eigenvalue weighted by atomic mass is 10.1. The molecule has 36 heavy (non-hydrogen) atoms. The van der Waals surface area contributed by atoms with Gasteiger partial charge in [0.1, 0.15) is 12.2 Å². The van der Waals surface area contributed by atoms with Crippen molar-refractivity contribution in [3.63, 3.8) is 0 Å². The summed E-state index contributed by atoms with van der Waals surface area (Å²) in [5.74, 6) is 0.0771. The van der Waals surface area contributed by atoms with E-state index in [1.165, 1.54) is 24.1 Å². The van der Waals surface area contributed by atoms with Crippen LogP contribution < -0.4 is 10.6 Å². The largest absolute Gasteiger partial charge is 0.387 e. The third-order valence-electron chi connectivity index (χ3n) is 5.62. The van der Waals surface area contributed by atoms with Crippen LogP contribution in [-0.4, -0.2) is 71.0 Å². The Hall–Kier alpha value is -3.42. The molecule has 12 nitrogen and oxygen atoms in total. The van der Waals surface area contributed by atoms with Crippen LogP contribution in [0.3, 0.4) is 0 Å². The Labute approximate surface area is 214 Å². The molecule has 1 amide bonds. The molecule has 4 aromatic heterocycles. The van der Waals surface area contributed by atoms with Crippen LogP contribution in [0.5, 0.6) is 0 Å². The number of hydrogen-bond acceptors (Lipinski definition) is 10. The number of aromatic nitrogens is 6. The SMILES string of the molecule is CNC(=O)C1OC(n2cnc3c(NCc4cc(Cl)ccn4)nc(-c4cncc(Cl)c4)nc32)C(O)C1O. The van der Waals surface area contributed by atoms with Gasteiger partial charge in [-0.05, 0) is 18.2 Å². The predicted molar refractivity (Wildman–Crippen MR) is 130 cm³/mol. The third-order valence-corrected chi connectivity index (χ3v) is 6.06. The zero-order valence-corrected chi connectivity index (χ0v) is 20.2. The molecule has 0 saturated carbocycles. The lowest BCUT2D eigenvalue weighted by molar-refractivity contribution is -0.137. The maximum absolute atomic E-state index is 12.1. The molecule has 5 rings (SSSR count). The predicted octanol–water partition coefficient (Wildman–Crippen LogP) is 1.57. The molecule has 4 atom stereocenters. The number of likely N-dealkylation sites (N-methyl/N-ethyl adjacent to an activating group) is 1. The smallest absolute Gasteiger partial charge is 0.251 e. The summed E-state index contributed by atoms with van der Waals surface area (Å²) >= 11 is 12.2. The highest BCUT2D eigenvalue weighted by Crippen LogP contribution is 2.34. The van der Waals surface area contributed by atoms with E-state index in [9.17, 15) is 15.0 Å². The van der Waals surface area contributed by atoms with Crippen LogP contribution in [0.4, 0.5) is 5.82 Å². The van der Waals surface area contributed by atoms with Gasteiger partial charge in [-0.2, -0.15) is 0 Å². The van der Waals surface area contributed by atoms with Gasteiger partial charge in [0, 0.05) is 36.2 Å². The molecule has 1 saturated heterocycles. The van der Waals surface area contributed by atoms with Gasteiger partial charge in [-0.1, -0.05) is 23.2 Å². The fourth-order valence-corrected chi connectivity index (χ4v) is 4.21. The molecule has 14 heteroatoms. The minimum absolute atomic E-state index is 0.275. The summed E-state index contributed by atoms with van der Waals surface area (Å²) in [5, 5.41) is 27.6. The van der Waals surface area contributed by atoms with Gasteiger partial charge in [0.15, 0.2) is 35.1 Å². The fourth-order valence-electron chi connectivity index (χ4n) is 3.86. The molecule has 0 radical (unpaired) electrons. The zero-order valence-electron chi connectivity index (χ0n) is 18.7. The van der Waals surface area contributed by atoms with Crippen molar-refractivity contribution >= 4 is 46.1 Å². The number of rotatable bonds is 6. The van der Waals surface area contributed by atoms with Crippen LogP contribution in [0.2, 0.25) is 10.0 Å². The van der Waals surface area contributed by atoms with Gasteiger partial charge in [-0.15, -0.1) is 0 Å². The minimum Gasteiger partial charge on any atom is -0.387 e. The maximum Gasteiger partial charge on any atom is 0.251 e. The summed E-state index contributed by atoms with van der Waals surface area (Å²) in [5.41, 5.74) is 1.86. The highest BCUT2D eigenvalue weighted by Gasteiger charge is 2.47. The average Bonchev–Trinajstić information content (AvgIpc) is 3.43. The molecule has 0 aromatic carbocycles. The van der Waals surface area contributed by atoms with Gasteiger partial charge in [-0.3, -0.25) is 19.3 Å². The number of hydrogen-bond donors (Lipinski definition) is 4. The van der Waals surface area contributed by atoms with Crippen molar-refractivity contribution < 1.29 is 19.7 Å². The molecular formula is C22H20Cl2N8O4. The minimum atomic E-state index is -1.45. The van der Waals surface area contributed by atoms with Gasteiger partial charge in [-0.25, -0.2) is 15.0 Å². The summed E-state index contributed by atoms with van der Waals surface area (Å²) in [6.45, 7) is 0.285. The summed E-state index contributed by atoms with van der Waals surface area (Å²) in [6.07, 6.45) is 0.783. The first kappa shape index (κ1) is 24.3. The van der Waals surface area contributed by atoms with Crippen molar-refractivity contribution in [3.8, 4) is 11.4 Å². The number of ether oxygens (including phenoxy) is 1. The van der Waals surface area contributed by atoms with E-state index in [0.29, 0.717) is 32.6 Å². The quantitative estimate of drug-likeness (QED) is 0.288. The highest BCUT2D eigenvalue weighted by atomic mass is 35.5. The maximum atomic E-state index is 12.1. The van der Waals surface area contributed by atoms with E-state index in [0.717, 1.165) is 0 Å². The Balaban J connectivity index is 1.58. The van der Waals surface area contributed by atoms with Crippen molar-refractivity contribution in [2.75, 3.05) is 12.4 Å². The number of pyridine rings is 2. The van der Waals surface area contributed by atoms with Gasteiger partial charge in [0.2, 0.25) is 0 Å². The molecule has 0 spiro atoms. The fraction of sp³-hybridized carbons (Fsp3) is 0.273. The number of nitrogens with one attached hydrogen (secondary N) is 2. The number of aliphatic hydroxyl groups is 2. The first-order chi connectivity index (χ1) is 17.4. The number of fused-ring (bicyclic) bond motifs is 1. The summed E-state index contributed by atoms with van der Waals surface area (Å²) in [6, 6.07) is 5.05.